The molecule has 0 saturated carbocycles. The van der Waals surface area contributed by atoms with E-state index in [4.69, 9.17) is 4.74 Å². The number of ether oxygens (including phenoxy) is 1. The van der Waals surface area contributed by atoms with Crippen LogP contribution in [0.4, 0.5) is 4.39 Å². The zero-order valence-corrected chi connectivity index (χ0v) is 14.0. The molecule has 2 aromatic rings. The quantitative estimate of drug-likeness (QED) is 0.800. The molecule has 21 heavy (non-hydrogen) atoms. The van der Waals surface area contributed by atoms with Gasteiger partial charge in [0.1, 0.15) is 17.3 Å². The lowest BCUT2D eigenvalue weighted by Crippen LogP contribution is -2.22. The summed E-state index contributed by atoms with van der Waals surface area (Å²) in [6, 6.07) is 11.2. The number of rotatable bonds is 5. The van der Waals surface area contributed by atoms with Crippen LogP contribution < -0.4 is 10.1 Å². The highest BCUT2D eigenvalue weighted by Gasteiger charge is 2.08. The Morgan fingerprint density at radius 2 is 1.95 bits per heavy atom. The van der Waals surface area contributed by atoms with Crippen molar-refractivity contribution in [2.24, 2.45) is 0 Å². The molecule has 112 valence electrons. The van der Waals surface area contributed by atoms with Crippen molar-refractivity contribution in [1.29, 1.82) is 0 Å². The first kappa shape index (κ1) is 16.0. The van der Waals surface area contributed by atoms with E-state index in [1.165, 1.54) is 6.07 Å². The van der Waals surface area contributed by atoms with Crippen LogP contribution in [0.1, 0.15) is 25.0 Å². The number of hydrogen-bond donors (Lipinski definition) is 1. The Morgan fingerprint density at radius 1 is 1.19 bits per heavy atom. The maximum atomic E-state index is 13.6. The van der Waals surface area contributed by atoms with Gasteiger partial charge in [0.05, 0.1) is 0 Å². The molecule has 0 unspecified atom stereocenters. The molecule has 0 atom stereocenters. The van der Waals surface area contributed by atoms with Crippen LogP contribution in [0.15, 0.2) is 40.9 Å². The molecule has 0 radical (unpaired) electrons. The molecule has 0 saturated heterocycles. The molecule has 0 aliphatic rings. The lowest BCUT2D eigenvalue weighted by molar-refractivity contribution is 0.463. The van der Waals surface area contributed by atoms with Gasteiger partial charge >= 0.3 is 0 Å². The lowest BCUT2D eigenvalue weighted by Gasteiger charge is -2.14. The smallest absolute Gasteiger partial charge is 0.133 e. The van der Waals surface area contributed by atoms with Crippen molar-refractivity contribution in [2.45, 2.75) is 33.4 Å². The molecule has 1 N–H and O–H groups in total. The summed E-state index contributed by atoms with van der Waals surface area (Å²) in [7, 11) is 0. The van der Waals surface area contributed by atoms with Gasteiger partial charge < -0.3 is 10.1 Å². The van der Waals surface area contributed by atoms with Crippen LogP contribution in [0.25, 0.3) is 0 Å². The molecule has 2 rings (SSSR count). The van der Waals surface area contributed by atoms with E-state index in [9.17, 15) is 4.39 Å². The second-order valence-electron chi connectivity index (χ2n) is 5.30. The minimum atomic E-state index is -0.260. The van der Waals surface area contributed by atoms with Gasteiger partial charge in [-0.25, -0.2) is 4.39 Å². The van der Waals surface area contributed by atoms with Gasteiger partial charge in [-0.15, -0.1) is 0 Å². The van der Waals surface area contributed by atoms with E-state index in [1.807, 2.05) is 18.2 Å². The van der Waals surface area contributed by atoms with Crippen LogP contribution in [-0.4, -0.2) is 6.04 Å². The third-order valence-electron chi connectivity index (χ3n) is 3.10. The predicted octanol–water partition coefficient (Wildman–Crippen LogP) is 5.19. The Morgan fingerprint density at radius 3 is 2.62 bits per heavy atom. The summed E-state index contributed by atoms with van der Waals surface area (Å²) in [4.78, 5) is 0. The molecule has 0 amide bonds. The highest BCUT2D eigenvalue weighted by atomic mass is 79.9. The molecule has 0 aromatic heterocycles. The summed E-state index contributed by atoms with van der Waals surface area (Å²) in [5, 5.41) is 3.36. The zero-order chi connectivity index (χ0) is 15.4. The van der Waals surface area contributed by atoms with Crippen LogP contribution in [0.5, 0.6) is 11.5 Å². The summed E-state index contributed by atoms with van der Waals surface area (Å²) < 4.78 is 20.4. The molecular formula is C17H19BrFNO. The Balaban J connectivity index is 2.24. The first-order valence-corrected chi connectivity index (χ1v) is 7.71. The molecule has 0 bridgehead atoms. The number of aryl methyl sites for hydroxylation is 1. The Labute approximate surface area is 133 Å². The largest absolute Gasteiger partial charge is 0.457 e. The van der Waals surface area contributed by atoms with Crippen molar-refractivity contribution in [2.75, 3.05) is 0 Å². The predicted molar refractivity (Wildman–Crippen MR) is 87.3 cm³/mol. The summed E-state index contributed by atoms with van der Waals surface area (Å²) in [5.41, 5.74) is 1.64. The van der Waals surface area contributed by atoms with E-state index in [0.29, 0.717) is 23.9 Å². The molecule has 0 aliphatic carbocycles. The number of benzene rings is 2. The number of nitrogens with one attached hydrogen (secondary N) is 1. The van der Waals surface area contributed by atoms with Crippen LogP contribution in [0.2, 0.25) is 0 Å². The molecule has 2 aromatic carbocycles. The van der Waals surface area contributed by atoms with Crippen molar-refractivity contribution in [3.05, 3.63) is 57.8 Å². The van der Waals surface area contributed by atoms with Crippen LogP contribution in [0.3, 0.4) is 0 Å². The van der Waals surface area contributed by atoms with E-state index < -0.39 is 0 Å². The monoisotopic (exact) mass is 351 g/mol. The highest BCUT2D eigenvalue weighted by Crippen LogP contribution is 2.29. The zero-order valence-electron chi connectivity index (χ0n) is 12.4. The van der Waals surface area contributed by atoms with Crippen molar-refractivity contribution < 1.29 is 9.13 Å². The third kappa shape index (κ3) is 4.55. The summed E-state index contributed by atoms with van der Waals surface area (Å²) >= 11 is 3.44. The van der Waals surface area contributed by atoms with Gasteiger partial charge in [0.25, 0.3) is 0 Å². The highest BCUT2D eigenvalue weighted by molar-refractivity contribution is 9.10. The molecule has 0 spiro atoms. The number of halogens is 2. The maximum absolute atomic E-state index is 13.6. The first-order valence-electron chi connectivity index (χ1n) is 6.91. The van der Waals surface area contributed by atoms with Crippen LogP contribution >= 0.6 is 15.9 Å². The lowest BCUT2D eigenvalue weighted by atomic mass is 10.2. The third-order valence-corrected chi connectivity index (χ3v) is 3.59. The van der Waals surface area contributed by atoms with Gasteiger partial charge in [-0.1, -0.05) is 41.9 Å². The summed E-state index contributed by atoms with van der Waals surface area (Å²) in [6.45, 7) is 6.62. The second-order valence-corrected chi connectivity index (χ2v) is 6.22. The minimum absolute atomic E-state index is 0.260. The Bertz CT molecular complexity index is 628. The first-order chi connectivity index (χ1) is 9.95. The molecular weight excluding hydrogens is 333 g/mol. The van der Waals surface area contributed by atoms with E-state index in [0.717, 1.165) is 15.8 Å². The van der Waals surface area contributed by atoms with Gasteiger partial charge in [0, 0.05) is 28.7 Å². The fraction of sp³-hybridized carbons (Fsp3) is 0.294. The van der Waals surface area contributed by atoms with Crippen molar-refractivity contribution >= 4 is 15.9 Å². The van der Waals surface area contributed by atoms with E-state index in [1.54, 1.807) is 19.1 Å². The van der Waals surface area contributed by atoms with Gasteiger partial charge in [0.2, 0.25) is 0 Å². The van der Waals surface area contributed by atoms with Crippen molar-refractivity contribution in [3.8, 4) is 11.5 Å². The normalized spacial score (nSPS) is 11.0. The van der Waals surface area contributed by atoms with E-state index in [2.05, 4.69) is 35.1 Å². The standard InChI is InChI=1S/C17H19BrFNO/c1-11(2)20-10-13-5-6-14(18)8-17(13)21-15-7-4-12(3)16(19)9-15/h4-9,11,20H,10H2,1-3H3. The van der Waals surface area contributed by atoms with E-state index >= 15 is 0 Å². The van der Waals surface area contributed by atoms with Crippen molar-refractivity contribution in [1.82, 2.24) is 5.32 Å². The molecule has 0 fully saturated rings. The van der Waals surface area contributed by atoms with E-state index in [-0.39, 0.29) is 5.82 Å². The van der Waals surface area contributed by atoms with Crippen LogP contribution in [0, 0.1) is 12.7 Å². The summed E-state index contributed by atoms with van der Waals surface area (Å²) in [6.07, 6.45) is 0. The minimum Gasteiger partial charge on any atom is -0.457 e. The van der Waals surface area contributed by atoms with Gasteiger partial charge in [-0.3, -0.25) is 0 Å². The van der Waals surface area contributed by atoms with Crippen molar-refractivity contribution in [3.63, 3.8) is 0 Å². The molecule has 2 nitrogen and oxygen atoms in total. The van der Waals surface area contributed by atoms with Crippen LogP contribution in [-0.2, 0) is 6.54 Å². The summed E-state index contributed by atoms with van der Waals surface area (Å²) in [5.74, 6) is 0.965. The average Bonchev–Trinajstić information content (AvgIpc) is 2.42. The fourth-order valence-electron chi connectivity index (χ4n) is 1.85. The van der Waals surface area contributed by atoms with Gasteiger partial charge in [0.15, 0.2) is 0 Å². The SMILES string of the molecule is Cc1ccc(Oc2cc(Br)ccc2CNC(C)C)cc1F. The Kier molecular flexibility index (Phi) is 5.37. The van der Waals surface area contributed by atoms with Gasteiger partial charge in [-0.2, -0.15) is 0 Å². The second kappa shape index (κ2) is 7.05. The topological polar surface area (TPSA) is 21.3 Å². The average molecular weight is 352 g/mol. The molecule has 0 aliphatic heterocycles. The van der Waals surface area contributed by atoms with Gasteiger partial charge in [-0.05, 0) is 30.7 Å². The maximum Gasteiger partial charge on any atom is 0.133 e. The molecule has 0 heterocycles. The molecule has 4 heteroatoms. The Hall–Kier alpha value is -1.39. The fourth-order valence-corrected chi connectivity index (χ4v) is 2.19. The number of hydrogen-bond acceptors (Lipinski definition) is 2.